The van der Waals surface area contributed by atoms with Crippen molar-refractivity contribution in [2.45, 2.75) is 18.9 Å². The van der Waals surface area contributed by atoms with Gasteiger partial charge in [-0.2, -0.15) is 0 Å². The molecule has 37 heavy (non-hydrogen) atoms. The highest BCUT2D eigenvalue weighted by Crippen LogP contribution is 2.37. The Labute approximate surface area is 211 Å². The number of aromatic carboxylic acids is 1. The van der Waals surface area contributed by atoms with Crippen molar-refractivity contribution >= 4 is 40.4 Å². The van der Waals surface area contributed by atoms with Crippen molar-refractivity contribution in [3.8, 4) is 0 Å². The first-order valence-electron chi connectivity index (χ1n) is 11.7. The fraction of sp³-hybridized carbons (Fsp3) is 0.308. The van der Waals surface area contributed by atoms with Crippen molar-refractivity contribution in [3.63, 3.8) is 0 Å². The molecule has 1 atom stereocenters. The second kappa shape index (κ2) is 9.81. The number of carboxylic acids is 1. The molecule has 11 heteroatoms. The lowest BCUT2D eigenvalue weighted by Gasteiger charge is -2.19. The summed E-state index contributed by atoms with van der Waals surface area (Å²) in [6.45, 7) is 8.07. The quantitative estimate of drug-likeness (QED) is 0.300. The Morgan fingerprint density at radius 3 is 2.76 bits per heavy atom. The summed E-state index contributed by atoms with van der Waals surface area (Å²) in [6, 6.07) is 8.17. The molecule has 1 saturated heterocycles. The Balaban J connectivity index is 1.44. The van der Waals surface area contributed by atoms with Crippen molar-refractivity contribution < 1.29 is 19.1 Å². The highest BCUT2D eigenvalue weighted by molar-refractivity contribution is 5.95. The summed E-state index contributed by atoms with van der Waals surface area (Å²) in [7, 11) is 1.44. The summed E-state index contributed by atoms with van der Waals surface area (Å²) in [6.07, 6.45) is 4.69. The van der Waals surface area contributed by atoms with E-state index in [0.29, 0.717) is 24.5 Å². The molecule has 2 aliphatic rings. The smallest absolute Gasteiger partial charge is 0.341 e. The maximum absolute atomic E-state index is 15.3. The number of nitrogens with zero attached hydrogens (tertiary/aromatic N) is 6. The number of carboxylic acid groups (broad SMARTS) is 1. The predicted molar refractivity (Wildman–Crippen MR) is 137 cm³/mol. The van der Waals surface area contributed by atoms with Crippen molar-refractivity contribution in [1.82, 2.24) is 9.55 Å². The van der Waals surface area contributed by atoms with Gasteiger partial charge in [0.15, 0.2) is 17.3 Å². The van der Waals surface area contributed by atoms with Gasteiger partial charge in [-0.1, -0.05) is 29.4 Å². The molecule has 188 valence electrons. The average molecular weight is 503 g/mol. The highest BCUT2D eigenvalue weighted by Gasteiger charge is 2.33. The molecule has 1 aliphatic heterocycles. The fourth-order valence-electron chi connectivity index (χ4n) is 4.47. The first-order valence-corrected chi connectivity index (χ1v) is 11.7. The molecule has 0 radical (unpaired) electrons. The van der Waals surface area contributed by atoms with E-state index in [-0.39, 0.29) is 35.4 Å². The molecule has 1 aliphatic carbocycles. The minimum Gasteiger partial charge on any atom is -0.477 e. The van der Waals surface area contributed by atoms with Gasteiger partial charge in [0.05, 0.1) is 24.2 Å². The minimum atomic E-state index is -1.35. The summed E-state index contributed by atoms with van der Waals surface area (Å²) >= 11 is 0. The van der Waals surface area contributed by atoms with Crippen LogP contribution in [0.5, 0.6) is 0 Å². The van der Waals surface area contributed by atoms with Crippen molar-refractivity contribution in [2.24, 2.45) is 16.1 Å². The molecule has 5 rings (SSSR count). The third kappa shape index (κ3) is 4.78. The first kappa shape index (κ1) is 24.1. The van der Waals surface area contributed by atoms with Crippen molar-refractivity contribution in [1.29, 1.82) is 0 Å². The van der Waals surface area contributed by atoms with E-state index in [4.69, 9.17) is 11.4 Å². The van der Waals surface area contributed by atoms with E-state index in [9.17, 15) is 14.7 Å². The summed E-state index contributed by atoms with van der Waals surface area (Å²) in [5, 5.41) is 13.5. The third-order valence-corrected chi connectivity index (χ3v) is 6.47. The summed E-state index contributed by atoms with van der Waals surface area (Å²) < 4.78 is 17.0. The lowest BCUT2D eigenvalue weighted by atomic mass is 10.1. The molecule has 3 heterocycles. The maximum atomic E-state index is 15.3. The SMILES string of the molecule is [C-]#[N+]c1ccc(C=NCC2CN(c3nc4c(cc3F)c(=O)c(C(=O)O)cn4C3CC3)C/C2=N\OC)cc1. The Hall–Kier alpha value is -4.59. The molecule has 1 unspecified atom stereocenters. The number of hydrogen-bond donors (Lipinski definition) is 1. The van der Waals surface area contributed by atoms with Crippen LogP contribution in [-0.2, 0) is 4.84 Å². The van der Waals surface area contributed by atoms with Crippen LogP contribution in [0.25, 0.3) is 15.9 Å². The molecule has 0 spiro atoms. The van der Waals surface area contributed by atoms with Gasteiger partial charge in [0.1, 0.15) is 18.3 Å². The number of aromatic nitrogens is 2. The zero-order chi connectivity index (χ0) is 26.1. The van der Waals surface area contributed by atoms with E-state index in [1.807, 2.05) is 12.1 Å². The second-order valence-electron chi connectivity index (χ2n) is 9.02. The monoisotopic (exact) mass is 502 g/mol. The number of hydrogen-bond acceptors (Lipinski definition) is 7. The van der Waals surface area contributed by atoms with Crippen LogP contribution >= 0.6 is 0 Å². The van der Waals surface area contributed by atoms with Crippen LogP contribution in [0.15, 0.2) is 51.5 Å². The normalized spacial score (nSPS) is 18.6. The molecule has 0 bridgehead atoms. The van der Waals surface area contributed by atoms with Crippen LogP contribution in [0.2, 0.25) is 0 Å². The standard InChI is InChI=1S/C26H23FN6O4/c1-28-17-5-3-15(4-6-17)10-29-11-16-12-32(14-22(16)31-37-2)25-21(27)9-19-23(34)20(26(35)36)13-33(18-7-8-18)24(19)30-25/h3-6,9-10,13,16,18H,7-8,11-12,14H2,2H3,(H,35,36)/b29-10?,31-22+. The molecular weight excluding hydrogens is 479 g/mol. The topological polar surface area (TPSA) is 114 Å². The number of rotatable bonds is 7. The fourth-order valence-corrected chi connectivity index (χ4v) is 4.47. The van der Waals surface area contributed by atoms with Crippen LogP contribution in [-0.4, -0.2) is 59.3 Å². The number of fused-ring (bicyclic) bond motifs is 1. The second-order valence-corrected chi connectivity index (χ2v) is 9.02. The number of benzene rings is 1. The van der Waals surface area contributed by atoms with Gasteiger partial charge in [-0.05, 0) is 24.5 Å². The Morgan fingerprint density at radius 2 is 2.11 bits per heavy atom. The lowest BCUT2D eigenvalue weighted by Crippen LogP contribution is -2.25. The van der Waals surface area contributed by atoms with Crippen LogP contribution in [0.1, 0.15) is 34.8 Å². The molecule has 1 N–H and O–H groups in total. The van der Waals surface area contributed by atoms with Gasteiger partial charge in [0.2, 0.25) is 5.43 Å². The number of pyridine rings is 2. The van der Waals surface area contributed by atoms with E-state index in [0.717, 1.165) is 24.5 Å². The summed E-state index contributed by atoms with van der Waals surface area (Å²) in [5.41, 5.74) is 1.21. The molecular formula is C26H23FN6O4. The molecule has 2 aromatic heterocycles. The van der Waals surface area contributed by atoms with Gasteiger partial charge < -0.3 is 19.4 Å². The zero-order valence-electron chi connectivity index (χ0n) is 20.0. The van der Waals surface area contributed by atoms with E-state index in [2.05, 4.69) is 20.0 Å². The maximum Gasteiger partial charge on any atom is 0.341 e. The van der Waals surface area contributed by atoms with Gasteiger partial charge >= 0.3 is 5.97 Å². The zero-order valence-corrected chi connectivity index (χ0v) is 20.0. The van der Waals surface area contributed by atoms with Crippen LogP contribution in [0, 0.1) is 18.3 Å². The number of halogens is 1. The van der Waals surface area contributed by atoms with Crippen LogP contribution < -0.4 is 10.3 Å². The molecule has 2 fully saturated rings. The van der Waals surface area contributed by atoms with Crippen molar-refractivity contribution in [2.75, 3.05) is 31.6 Å². The van der Waals surface area contributed by atoms with E-state index in [1.54, 1.807) is 27.8 Å². The van der Waals surface area contributed by atoms with Gasteiger partial charge in [0.25, 0.3) is 0 Å². The van der Waals surface area contributed by atoms with E-state index < -0.39 is 22.8 Å². The van der Waals surface area contributed by atoms with E-state index in [1.165, 1.54) is 13.3 Å². The average Bonchev–Trinajstić information content (AvgIpc) is 3.66. The van der Waals surface area contributed by atoms with Crippen molar-refractivity contribution in [3.05, 3.63) is 75.1 Å². The Bertz CT molecular complexity index is 1540. The van der Waals surface area contributed by atoms with Gasteiger partial charge in [-0.3, -0.25) is 9.79 Å². The summed E-state index contributed by atoms with van der Waals surface area (Å²) in [4.78, 5) is 43.4. The number of oxime groups is 1. The predicted octanol–water partition coefficient (Wildman–Crippen LogP) is 3.68. The van der Waals surface area contributed by atoms with E-state index >= 15 is 4.39 Å². The molecule has 3 aromatic rings. The van der Waals surface area contributed by atoms with Gasteiger partial charge in [-0.25, -0.2) is 19.0 Å². The number of anilines is 1. The third-order valence-electron chi connectivity index (χ3n) is 6.47. The van der Waals surface area contributed by atoms with Gasteiger partial charge in [0, 0.05) is 37.5 Å². The number of aliphatic imine (C=N–C) groups is 1. The molecule has 1 saturated carbocycles. The largest absolute Gasteiger partial charge is 0.477 e. The highest BCUT2D eigenvalue weighted by atomic mass is 19.1. The summed E-state index contributed by atoms with van der Waals surface area (Å²) in [5.74, 6) is -2.16. The van der Waals surface area contributed by atoms with Crippen LogP contribution in [0.4, 0.5) is 15.9 Å². The Kier molecular flexibility index (Phi) is 6.40. The van der Waals surface area contributed by atoms with Gasteiger partial charge in [-0.15, -0.1) is 0 Å². The lowest BCUT2D eigenvalue weighted by molar-refractivity contribution is 0.0695. The Morgan fingerprint density at radius 1 is 1.35 bits per heavy atom. The minimum absolute atomic E-state index is 0.0298. The first-order chi connectivity index (χ1) is 17.9. The van der Waals surface area contributed by atoms with Crippen LogP contribution in [0.3, 0.4) is 0 Å². The molecule has 1 aromatic carbocycles. The molecule has 10 nitrogen and oxygen atoms in total. The number of carbonyl (C=O) groups is 1. The molecule has 0 amide bonds.